The van der Waals surface area contributed by atoms with Gasteiger partial charge in [-0.15, -0.1) is 0 Å². The van der Waals surface area contributed by atoms with Crippen LogP contribution in [0.25, 0.3) is 0 Å². The van der Waals surface area contributed by atoms with E-state index in [-0.39, 0.29) is 5.12 Å². The molecule has 0 radical (unpaired) electrons. The Kier molecular flexibility index (Phi) is 5.32. The van der Waals surface area contributed by atoms with E-state index in [4.69, 9.17) is 11.6 Å². The van der Waals surface area contributed by atoms with E-state index in [1.807, 2.05) is 6.92 Å². The Morgan fingerprint density at radius 2 is 2.00 bits per heavy atom. The van der Waals surface area contributed by atoms with E-state index in [0.29, 0.717) is 5.02 Å². The molecule has 4 heteroatoms. The SMILES string of the molecule is CCSC(=O)[C@H](C)[C@H](O)c1ccc(Cl)cc1. The van der Waals surface area contributed by atoms with Crippen molar-refractivity contribution >= 4 is 28.5 Å². The summed E-state index contributed by atoms with van der Waals surface area (Å²) in [5, 5.41) is 10.6. The summed E-state index contributed by atoms with van der Waals surface area (Å²) in [4.78, 5) is 11.6. The van der Waals surface area contributed by atoms with E-state index in [1.54, 1.807) is 31.2 Å². The van der Waals surface area contributed by atoms with Crippen LogP contribution in [0, 0.1) is 5.92 Å². The van der Waals surface area contributed by atoms with Crippen molar-refractivity contribution in [2.75, 3.05) is 5.75 Å². The third kappa shape index (κ3) is 3.51. The molecule has 0 fully saturated rings. The molecular formula is C12H15ClO2S. The molecule has 0 spiro atoms. The molecule has 0 amide bonds. The van der Waals surface area contributed by atoms with Gasteiger partial charge in [0.15, 0.2) is 5.12 Å². The van der Waals surface area contributed by atoms with Crippen LogP contribution in [0.2, 0.25) is 5.02 Å². The van der Waals surface area contributed by atoms with Crippen molar-refractivity contribution in [3.8, 4) is 0 Å². The number of carbonyl (C=O) groups excluding carboxylic acids is 1. The van der Waals surface area contributed by atoms with Gasteiger partial charge in [-0.2, -0.15) is 0 Å². The number of thioether (sulfide) groups is 1. The molecule has 2 nitrogen and oxygen atoms in total. The number of hydrogen-bond acceptors (Lipinski definition) is 3. The lowest BCUT2D eigenvalue weighted by Crippen LogP contribution is -2.16. The lowest BCUT2D eigenvalue weighted by atomic mass is 9.99. The normalized spacial score (nSPS) is 14.5. The first-order valence-electron chi connectivity index (χ1n) is 5.16. The average molecular weight is 259 g/mol. The van der Waals surface area contributed by atoms with E-state index in [1.165, 1.54) is 11.8 Å². The Morgan fingerprint density at radius 1 is 1.44 bits per heavy atom. The minimum absolute atomic E-state index is 0.0185. The molecular weight excluding hydrogens is 244 g/mol. The lowest BCUT2D eigenvalue weighted by Gasteiger charge is -2.17. The Labute approximate surface area is 105 Å². The van der Waals surface area contributed by atoms with Gasteiger partial charge in [0.2, 0.25) is 0 Å². The highest BCUT2D eigenvalue weighted by molar-refractivity contribution is 8.13. The summed E-state index contributed by atoms with van der Waals surface area (Å²) < 4.78 is 0. The topological polar surface area (TPSA) is 37.3 Å². The van der Waals surface area contributed by atoms with Crippen molar-refractivity contribution in [1.29, 1.82) is 0 Å². The van der Waals surface area contributed by atoms with Crippen LogP contribution in [0.5, 0.6) is 0 Å². The highest BCUT2D eigenvalue weighted by Gasteiger charge is 2.23. The molecule has 0 aliphatic heterocycles. The van der Waals surface area contributed by atoms with Crippen molar-refractivity contribution in [2.45, 2.75) is 20.0 Å². The first-order chi connectivity index (χ1) is 7.56. The maximum absolute atomic E-state index is 11.6. The molecule has 0 heterocycles. The van der Waals surface area contributed by atoms with Crippen LogP contribution >= 0.6 is 23.4 Å². The van der Waals surface area contributed by atoms with Crippen LogP contribution in [0.4, 0.5) is 0 Å². The predicted molar refractivity (Wildman–Crippen MR) is 68.7 cm³/mol. The third-order valence-corrected chi connectivity index (χ3v) is 3.54. The fourth-order valence-corrected chi connectivity index (χ4v) is 2.15. The Hall–Kier alpha value is -0.510. The van der Waals surface area contributed by atoms with Crippen LogP contribution in [0.15, 0.2) is 24.3 Å². The van der Waals surface area contributed by atoms with Gasteiger partial charge in [0, 0.05) is 5.02 Å². The molecule has 0 aliphatic carbocycles. The van der Waals surface area contributed by atoms with Gasteiger partial charge in [0.25, 0.3) is 0 Å². The van der Waals surface area contributed by atoms with Gasteiger partial charge in [0.1, 0.15) is 0 Å². The van der Waals surface area contributed by atoms with Gasteiger partial charge in [-0.05, 0) is 23.4 Å². The third-order valence-electron chi connectivity index (χ3n) is 2.34. The highest BCUT2D eigenvalue weighted by atomic mass is 35.5. The molecule has 16 heavy (non-hydrogen) atoms. The van der Waals surface area contributed by atoms with Gasteiger partial charge < -0.3 is 5.11 Å². The number of aliphatic hydroxyl groups excluding tert-OH is 1. The minimum Gasteiger partial charge on any atom is -0.388 e. The Bertz CT molecular complexity index is 351. The summed E-state index contributed by atoms with van der Waals surface area (Å²) in [6.07, 6.45) is -0.760. The zero-order valence-electron chi connectivity index (χ0n) is 9.31. The van der Waals surface area contributed by atoms with Crippen molar-refractivity contribution in [2.24, 2.45) is 5.92 Å². The van der Waals surface area contributed by atoms with Crippen LogP contribution in [-0.4, -0.2) is 16.0 Å². The quantitative estimate of drug-likeness (QED) is 0.901. The first kappa shape index (κ1) is 13.6. The second kappa shape index (κ2) is 6.28. The molecule has 0 saturated carbocycles. The van der Waals surface area contributed by atoms with Crippen molar-refractivity contribution in [1.82, 2.24) is 0 Å². The zero-order valence-corrected chi connectivity index (χ0v) is 10.9. The highest BCUT2D eigenvalue weighted by Crippen LogP contribution is 2.26. The molecule has 2 atom stereocenters. The predicted octanol–water partition coefficient (Wildman–Crippen LogP) is 3.29. The number of carbonyl (C=O) groups is 1. The summed E-state index contributed by atoms with van der Waals surface area (Å²) in [6, 6.07) is 6.91. The van der Waals surface area contributed by atoms with E-state index in [9.17, 15) is 9.90 Å². The maximum Gasteiger partial charge on any atom is 0.194 e. The van der Waals surface area contributed by atoms with Crippen molar-refractivity contribution in [3.63, 3.8) is 0 Å². The standard InChI is InChI=1S/C12H15ClO2S/c1-3-16-12(15)8(2)11(14)9-4-6-10(13)7-5-9/h4-8,11,14H,3H2,1-2H3/t8-,11+/m1/s1. The van der Waals surface area contributed by atoms with Gasteiger partial charge in [-0.1, -0.05) is 49.3 Å². The zero-order chi connectivity index (χ0) is 12.1. The Morgan fingerprint density at radius 3 is 2.50 bits per heavy atom. The van der Waals surface area contributed by atoms with Crippen molar-refractivity contribution in [3.05, 3.63) is 34.9 Å². The van der Waals surface area contributed by atoms with Gasteiger partial charge >= 0.3 is 0 Å². The van der Waals surface area contributed by atoms with E-state index in [0.717, 1.165) is 11.3 Å². The monoisotopic (exact) mass is 258 g/mol. The second-order valence-corrected chi connectivity index (χ2v) is 5.24. The number of aliphatic hydroxyl groups is 1. The lowest BCUT2D eigenvalue weighted by molar-refractivity contribution is -0.117. The van der Waals surface area contributed by atoms with E-state index < -0.39 is 12.0 Å². The molecule has 1 rings (SSSR count). The summed E-state index contributed by atoms with van der Waals surface area (Å²) in [6.45, 7) is 3.66. The summed E-state index contributed by atoms with van der Waals surface area (Å²) in [7, 11) is 0. The molecule has 1 N–H and O–H groups in total. The molecule has 0 bridgehead atoms. The maximum atomic E-state index is 11.6. The van der Waals surface area contributed by atoms with Crippen LogP contribution in [0.1, 0.15) is 25.5 Å². The van der Waals surface area contributed by atoms with Gasteiger partial charge in [-0.25, -0.2) is 0 Å². The minimum atomic E-state index is -0.760. The van der Waals surface area contributed by atoms with Crippen LogP contribution in [0.3, 0.4) is 0 Å². The number of hydrogen-bond donors (Lipinski definition) is 1. The summed E-state index contributed by atoms with van der Waals surface area (Å²) in [5.41, 5.74) is 0.724. The van der Waals surface area contributed by atoms with Crippen LogP contribution in [-0.2, 0) is 4.79 Å². The van der Waals surface area contributed by atoms with E-state index in [2.05, 4.69) is 0 Å². The summed E-state index contributed by atoms with van der Waals surface area (Å²) in [5.74, 6) is 0.336. The molecule has 0 aromatic heterocycles. The fourth-order valence-electron chi connectivity index (χ4n) is 1.35. The largest absolute Gasteiger partial charge is 0.388 e. The second-order valence-electron chi connectivity index (χ2n) is 3.54. The summed E-state index contributed by atoms with van der Waals surface area (Å²) >= 11 is 7.00. The molecule has 0 saturated heterocycles. The van der Waals surface area contributed by atoms with Gasteiger partial charge in [-0.3, -0.25) is 4.79 Å². The van der Waals surface area contributed by atoms with Crippen LogP contribution < -0.4 is 0 Å². The number of benzene rings is 1. The molecule has 88 valence electrons. The smallest absolute Gasteiger partial charge is 0.194 e. The van der Waals surface area contributed by atoms with Gasteiger partial charge in [0.05, 0.1) is 12.0 Å². The first-order valence-corrected chi connectivity index (χ1v) is 6.52. The fraction of sp³-hybridized carbons (Fsp3) is 0.417. The molecule has 1 aromatic rings. The molecule has 1 aromatic carbocycles. The van der Waals surface area contributed by atoms with E-state index >= 15 is 0 Å². The molecule has 0 aliphatic rings. The average Bonchev–Trinajstić information content (AvgIpc) is 2.28. The molecule has 0 unspecified atom stereocenters. The number of rotatable bonds is 4. The Balaban J connectivity index is 2.73. The van der Waals surface area contributed by atoms with Crippen molar-refractivity contribution < 1.29 is 9.90 Å². The number of halogens is 1.